The Labute approximate surface area is 80.6 Å². The molecule has 0 aliphatic carbocycles. The molecule has 0 amide bonds. The van der Waals surface area contributed by atoms with E-state index in [1.165, 1.54) is 18.4 Å². The van der Waals surface area contributed by atoms with Crippen LogP contribution in [0.1, 0.15) is 5.56 Å². The molecular weight excluding hydrogens is 183 g/mol. The fraction of sp³-hybridized carbons (Fsp3) is 0.100. The van der Waals surface area contributed by atoms with Gasteiger partial charge in [-0.3, -0.25) is 0 Å². The van der Waals surface area contributed by atoms with Crippen LogP contribution in [-0.4, -0.2) is 4.98 Å². The fourth-order valence-electron chi connectivity index (χ4n) is 1.09. The SMILES string of the molecule is Fc1ccc(CNc2ncco2)cc1. The highest BCUT2D eigenvalue weighted by Gasteiger charge is 1.96. The van der Waals surface area contributed by atoms with E-state index in [-0.39, 0.29) is 5.82 Å². The van der Waals surface area contributed by atoms with Crippen LogP contribution >= 0.6 is 0 Å². The Balaban J connectivity index is 1.95. The van der Waals surface area contributed by atoms with E-state index in [2.05, 4.69) is 10.3 Å². The van der Waals surface area contributed by atoms with Crippen LogP contribution in [0.3, 0.4) is 0 Å². The third-order valence-corrected chi connectivity index (χ3v) is 1.79. The van der Waals surface area contributed by atoms with Gasteiger partial charge in [-0.2, -0.15) is 0 Å². The highest BCUT2D eigenvalue weighted by molar-refractivity contribution is 5.24. The second-order valence-corrected chi connectivity index (χ2v) is 2.82. The molecule has 72 valence electrons. The second kappa shape index (κ2) is 3.91. The number of rotatable bonds is 3. The summed E-state index contributed by atoms with van der Waals surface area (Å²) >= 11 is 0. The largest absolute Gasteiger partial charge is 0.432 e. The molecule has 14 heavy (non-hydrogen) atoms. The topological polar surface area (TPSA) is 38.1 Å². The van der Waals surface area contributed by atoms with Crippen molar-refractivity contribution in [2.45, 2.75) is 6.54 Å². The molecule has 2 rings (SSSR count). The third-order valence-electron chi connectivity index (χ3n) is 1.79. The first-order chi connectivity index (χ1) is 6.84. The Hall–Kier alpha value is -1.84. The minimum Gasteiger partial charge on any atom is -0.432 e. The van der Waals surface area contributed by atoms with Crippen molar-refractivity contribution in [1.29, 1.82) is 0 Å². The highest BCUT2D eigenvalue weighted by Crippen LogP contribution is 2.06. The van der Waals surface area contributed by atoms with E-state index < -0.39 is 0 Å². The molecule has 0 aliphatic rings. The standard InChI is InChI=1S/C10H9FN2O/c11-9-3-1-8(2-4-9)7-13-10-12-5-6-14-10/h1-6H,7H2,(H,12,13). The smallest absolute Gasteiger partial charge is 0.294 e. The Morgan fingerprint density at radius 1 is 1.29 bits per heavy atom. The monoisotopic (exact) mass is 192 g/mol. The molecule has 2 aromatic rings. The van der Waals surface area contributed by atoms with Gasteiger partial charge in [-0.25, -0.2) is 9.37 Å². The fourth-order valence-corrected chi connectivity index (χ4v) is 1.09. The second-order valence-electron chi connectivity index (χ2n) is 2.82. The Morgan fingerprint density at radius 2 is 2.07 bits per heavy atom. The summed E-state index contributed by atoms with van der Waals surface area (Å²) in [6.07, 6.45) is 3.06. The molecular formula is C10H9FN2O. The highest BCUT2D eigenvalue weighted by atomic mass is 19.1. The van der Waals surface area contributed by atoms with Gasteiger partial charge in [-0.05, 0) is 17.7 Å². The minimum absolute atomic E-state index is 0.232. The van der Waals surface area contributed by atoms with Crippen LogP contribution in [0, 0.1) is 5.82 Å². The number of oxazole rings is 1. The van der Waals surface area contributed by atoms with E-state index in [0.29, 0.717) is 12.6 Å². The van der Waals surface area contributed by atoms with Gasteiger partial charge in [-0.1, -0.05) is 12.1 Å². The van der Waals surface area contributed by atoms with E-state index in [1.54, 1.807) is 18.3 Å². The molecule has 1 heterocycles. The molecule has 1 aromatic carbocycles. The van der Waals surface area contributed by atoms with Gasteiger partial charge < -0.3 is 9.73 Å². The molecule has 0 aliphatic heterocycles. The minimum atomic E-state index is -0.232. The molecule has 1 aromatic heterocycles. The van der Waals surface area contributed by atoms with Crippen LogP contribution in [0.5, 0.6) is 0 Å². The first kappa shape index (κ1) is 8.74. The number of halogens is 1. The molecule has 0 unspecified atom stereocenters. The van der Waals surface area contributed by atoms with Gasteiger partial charge >= 0.3 is 0 Å². The van der Waals surface area contributed by atoms with Gasteiger partial charge in [0.1, 0.15) is 12.1 Å². The van der Waals surface area contributed by atoms with E-state index in [0.717, 1.165) is 5.56 Å². The Bertz CT molecular complexity index is 383. The molecule has 0 fully saturated rings. The van der Waals surface area contributed by atoms with Crippen LogP contribution in [0.15, 0.2) is 41.1 Å². The van der Waals surface area contributed by atoms with Crippen LogP contribution in [-0.2, 0) is 6.54 Å². The van der Waals surface area contributed by atoms with Crippen molar-refractivity contribution < 1.29 is 8.81 Å². The van der Waals surface area contributed by atoms with Gasteiger partial charge in [0.05, 0.1) is 6.20 Å². The molecule has 0 bridgehead atoms. The van der Waals surface area contributed by atoms with Crippen LogP contribution in [0.2, 0.25) is 0 Å². The lowest BCUT2D eigenvalue weighted by atomic mass is 10.2. The molecule has 4 heteroatoms. The molecule has 3 nitrogen and oxygen atoms in total. The van der Waals surface area contributed by atoms with E-state index in [9.17, 15) is 4.39 Å². The summed E-state index contributed by atoms with van der Waals surface area (Å²) in [4.78, 5) is 3.90. The van der Waals surface area contributed by atoms with Gasteiger partial charge in [0, 0.05) is 6.54 Å². The predicted molar refractivity (Wildman–Crippen MR) is 50.2 cm³/mol. The number of benzene rings is 1. The molecule has 0 spiro atoms. The normalized spacial score (nSPS) is 10.1. The molecule has 1 N–H and O–H groups in total. The number of hydrogen-bond acceptors (Lipinski definition) is 3. The maximum atomic E-state index is 12.5. The lowest BCUT2D eigenvalue weighted by Gasteiger charge is -2.01. The number of nitrogens with one attached hydrogen (secondary N) is 1. The first-order valence-corrected chi connectivity index (χ1v) is 4.22. The lowest BCUT2D eigenvalue weighted by molar-refractivity contribution is 0.571. The maximum absolute atomic E-state index is 12.5. The van der Waals surface area contributed by atoms with Crippen molar-refractivity contribution in [3.8, 4) is 0 Å². The number of hydrogen-bond donors (Lipinski definition) is 1. The summed E-state index contributed by atoms with van der Waals surface area (Å²) < 4.78 is 17.5. The van der Waals surface area contributed by atoms with Gasteiger partial charge in [-0.15, -0.1) is 0 Å². The van der Waals surface area contributed by atoms with Crippen LogP contribution < -0.4 is 5.32 Å². The molecule has 0 atom stereocenters. The summed E-state index contributed by atoms with van der Waals surface area (Å²) in [7, 11) is 0. The zero-order chi connectivity index (χ0) is 9.80. The van der Waals surface area contributed by atoms with Crippen molar-refractivity contribution >= 4 is 6.01 Å². The molecule has 0 saturated heterocycles. The zero-order valence-electron chi connectivity index (χ0n) is 7.40. The maximum Gasteiger partial charge on any atom is 0.294 e. The van der Waals surface area contributed by atoms with Gasteiger partial charge in [0.25, 0.3) is 6.01 Å². The Kier molecular flexibility index (Phi) is 2.44. The van der Waals surface area contributed by atoms with Crippen molar-refractivity contribution in [2.24, 2.45) is 0 Å². The van der Waals surface area contributed by atoms with Crippen LogP contribution in [0.4, 0.5) is 10.4 Å². The quantitative estimate of drug-likeness (QED) is 0.811. The first-order valence-electron chi connectivity index (χ1n) is 4.22. The van der Waals surface area contributed by atoms with Crippen LogP contribution in [0.25, 0.3) is 0 Å². The van der Waals surface area contributed by atoms with Gasteiger partial charge in [0.2, 0.25) is 0 Å². The van der Waals surface area contributed by atoms with Crippen molar-refractivity contribution in [1.82, 2.24) is 4.98 Å². The Morgan fingerprint density at radius 3 is 2.71 bits per heavy atom. The van der Waals surface area contributed by atoms with E-state index in [1.807, 2.05) is 0 Å². The van der Waals surface area contributed by atoms with Crippen molar-refractivity contribution in [3.05, 3.63) is 48.1 Å². The van der Waals surface area contributed by atoms with Crippen molar-refractivity contribution in [2.75, 3.05) is 5.32 Å². The number of anilines is 1. The van der Waals surface area contributed by atoms with E-state index >= 15 is 0 Å². The average molecular weight is 192 g/mol. The molecule has 0 radical (unpaired) electrons. The summed E-state index contributed by atoms with van der Waals surface area (Å²) in [5, 5.41) is 2.96. The summed E-state index contributed by atoms with van der Waals surface area (Å²) in [5.74, 6) is -0.232. The zero-order valence-corrected chi connectivity index (χ0v) is 7.40. The number of nitrogens with zero attached hydrogens (tertiary/aromatic N) is 1. The lowest BCUT2D eigenvalue weighted by Crippen LogP contribution is -1.99. The summed E-state index contributed by atoms with van der Waals surface area (Å²) in [5.41, 5.74) is 0.976. The summed E-state index contributed by atoms with van der Waals surface area (Å²) in [6, 6.07) is 6.74. The van der Waals surface area contributed by atoms with Crippen molar-refractivity contribution in [3.63, 3.8) is 0 Å². The predicted octanol–water partition coefficient (Wildman–Crippen LogP) is 2.43. The van der Waals surface area contributed by atoms with Gasteiger partial charge in [0.15, 0.2) is 0 Å². The molecule has 0 saturated carbocycles. The summed E-state index contributed by atoms with van der Waals surface area (Å²) in [6.45, 7) is 0.570. The number of aromatic nitrogens is 1. The third kappa shape index (κ3) is 2.10. The average Bonchev–Trinajstić information content (AvgIpc) is 2.70. The van der Waals surface area contributed by atoms with E-state index in [4.69, 9.17) is 4.42 Å².